The smallest absolute Gasteiger partial charge is 0.180 e. The summed E-state index contributed by atoms with van der Waals surface area (Å²) in [4.78, 5) is 0. The van der Waals surface area contributed by atoms with Gasteiger partial charge in [0.15, 0.2) is 6.29 Å². The zero-order chi connectivity index (χ0) is 12.9. The molecule has 0 amide bonds. The monoisotopic (exact) mass is 258 g/mol. The summed E-state index contributed by atoms with van der Waals surface area (Å²) >= 11 is 5.83. The highest BCUT2D eigenvalue weighted by Gasteiger charge is 2.33. The zero-order valence-corrected chi connectivity index (χ0v) is 11.1. The van der Waals surface area contributed by atoms with E-state index in [1.54, 1.807) is 14.2 Å². The molecule has 3 N–H and O–H groups in total. The topological polar surface area (TPSA) is 56.5 Å². The second-order valence-electron chi connectivity index (χ2n) is 4.06. The van der Waals surface area contributed by atoms with Crippen LogP contribution in [0.5, 0.6) is 0 Å². The van der Waals surface area contributed by atoms with E-state index in [2.05, 4.69) is 5.32 Å². The molecule has 4 nitrogen and oxygen atoms in total. The van der Waals surface area contributed by atoms with Crippen molar-refractivity contribution in [2.45, 2.75) is 18.8 Å². The molecular weight excluding hydrogens is 240 g/mol. The molecule has 0 aliphatic heterocycles. The van der Waals surface area contributed by atoms with Crippen LogP contribution in [0.2, 0.25) is 5.02 Å². The van der Waals surface area contributed by atoms with Crippen molar-refractivity contribution < 1.29 is 9.47 Å². The van der Waals surface area contributed by atoms with Crippen LogP contribution in [0.15, 0.2) is 24.3 Å². The van der Waals surface area contributed by atoms with Crippen LogP contribution in [0, 0.1) is 0 Å². The Balaban J connectivity index is 2.84. The highest BCUT2D eigenvalue weighted by Crippen LogP contribution is 2.21. The van der Waals surface area contributed by atoms with Gasteiger partial charge < -0.3 is 20.5 Å². The maximum absolute atomic E-state index is 5.83. The number of halogens is 1. The Morgan fingerprint density at radius 2 is 1.82 bits per heavy atom. The minimum Gasteiger partial charge on any atom is -0.374 e. The van der Waals surface area contributed by atoms with Crippen LogP contribution in [-0.4, -0.2) is 32.6 Å². The molecule has 1 atom stereocenters. The Morgan fingerprint density at radius 3 is 2.24 bits per heavy atom. The number of ether oxygens (including phenoxy) is 2. The van der Waals surface area contributed by atoms with Gasteiger partial charge in [-0.3, -0.25) is 0 Å². The van der Waals surface area contributed by atoms with Crippen molar-refractivity contribution in [3.05, 3.63) is 29.3 Å². The maximum atomic E-state index is 5.83. The minimum atomic E-state index is -0.503. The van der Waals surface area contributed by atoms with Crippen molar-refractivity contribution in [3.8, 4) is 0 Å². The molecule has 0 aliphatic rings. The van der Waals surface area contributed by atoms with E-state index in [9.17, 15) is 0 Å². The average molecular weight is 259 g/mol. The number of rotatable bonds is 6. The lowest BCUT2D eigenvalue weighted by atomic mass is 10.0. The first-order chi connectivity index (χ1) is 8.05. The average Bonchev–Trinajstić information content (AvgIpc) is 2.33. The van der Waals surface area contributed by atoms with Crippen LogP contribution in [-0.2, 0) is 9.47 Å². The molecule has 0 spiro atoms. The summed E-state index contributed by atoms with van der Waals surface area (Å²) in [6.07, 6.45) is -0.428. The minimum absolute atomic E-state index is 0.377. The second-order valence-corrected chi connectivity index (χ2v) is 4.49. The molecule has 0 aromatic heterocycles. The van der Waals surface area contributed by atoms with E-state index in [1.165, 1.54) is 0 Å². The molecule has 0 saturated carbocycles. The van der Waals surface area contributed by atoms with Gasteiger partial charge in [-0.15, -0.1) is 0 Å². The van der Waals surface area contributed by atoms with Gasteiger partial charge in [0.1, 0.15) is 0 Å². The van der Waals surface area contributed by atoms with E-state index in [4.69, 9.17) is 26.8 Å². The lowest BCUT2D eigenvalue weighted by Crippen LogP contribution is -2.54. The summed E-state index contributed by atoms with van der Waals surface area (Å²) in [6.45, 7) is 2.32. The molecule has 0 saturated heterocycles. The van der Waals surface area contributed by atoms with Gasteiger partial charge >= 0.3 is 0 Å². The summed E-state index contributed by atoms with van der Waals surface area (Å²) in [5.41, 5.74) is 6.20. The third-order valence-corrected chi connectivity index (χ3v) is 2.90. The fourth-order valence-electron chi connectivity index (χ4n) is 1.69. The van der Waals surface area contributed by atoms with Crippen molar-refractivity contribution in [2.24, 2.45) is 5.73 Å². The number of methoxy groups -OCH3 is 2. The first kappa shape index (κ1) is 14.3. The van der Waals surface area contributed by atoms with Crippen molar-refractivity contribution in [3.63, 3.8) is 0 Å². The van der Waals surface area contributed by atoms with E-state index in [-0.39, 0.29) is 0 Å². The normalized spacial score (nSPS) is 14.7. The molecule has 1 unspecified atom stereocenters. The van der Waals surface area contributed by atoms with Gasteiger partial charge in [0.05, 0.1) is 5.54 Å². The standard InChI is InChI=1S/C12H19ClN2O2/c1-12(8-14,11(16-2)17-3)15-10-6-4-9(13)5-7-10/h4-7,11,15H,8,14H2,1-3H3. The number of anilines is 1. The van der Waals surface area contributed by atoms with Crippen molar-refractivity contribution in [2.75, 3.05) is 26.1 Å². The van der Waals surface area contributed by atoms with Gasteiger partial charge in [0.2, 0.25) is 0 Å². The number of nitrogens with two attached hydrogens (primary N) is 1. The molecule has 1 aromatic rings. The first-order valence-electron chi connectivity index (χ1n) is 5.35. The molecule has 0 heterocycles. The Labute approximate surface area is 107 Å². The van der Waals surface area contributed by atoms with Gasteiger partial charge in [0, 0.05) is 31.5 Å². The van der Waals surface area contributed by atoms with E-state index >= 15 is 0 Å². The second kappa shape index (κ2) is 6.21. The van der Waals surface area contributed by atoms with E-state index in [0.717, 1.165) is 5.69 Å². The fourth-order valence-corrected chi connectivity index (χ4v) is 1.81. The molecule has 0 fully saturated rings. The summed E-state index contributed by atoms with van der Waals surface area (Å²) in [5.74, 6) is 0. The SMILES string of the molecule is COC(OC)C(C)(CN)Nc1ccc(Cl)cc1. The number of hydrogen-bond acceptors (Lipinski definition) is 4. The fraction of sp³-hybridized carbons (Fsp3) is 0.500. The molecule has 0 radical (unpaired) electrons. The summed E-state index contributed by atoms with van der Waals surface area (Å²) < 4.78 is 10.5. The summed E-state index contributed by atoms with van der Waals surface area (Å²) in [6, 6.07) is 7.40. The van der Waals surface area contributed by atoms with Gasteiger partial charge in [-0.25, -0.2) is 0 Å². The predicted octanol–water partition coefficient (Wildman–Crippen LogP) is 2.09. The molecule has 0 bridgehead atoms. The van der Waals surface area contributed by atoms with Gasteiger partial charge in [-0.2, -0.15) is 0 Å². The molecule has 1 aromatic carbocycles. The van der Waals surface area contributed by atoms with Crippen LogP contribution in [0.4, 0.5) is 5.69 Å². The van der Waals surface area contributed by atoms with Gasteiger partial charge in [-0.1, -0.05) is 11.6 Å². The number of nitrogens with one attached hydrogen (secondary N) is 1. The zero-order valence-electron chi connectivity index (χ0n) is 10.4. The largest absolute Gasteiger partial charge is 0.374 e. The molecule has 96 valence electrons. The number of benzene rings is 1. The van der Waals surface area contributed by atoms with Crippen LogP contribution < -0.4 is 11.1 Å². The van der Waals surface area contributed by atoms with E-state index in [0.29, 0.717) is 11.6 Å². The Kier molecular flexibility index (Phi) is 5.21. The van der Waals surface area contributed by atoms with Crippen LogP contribution in [0.25, 0.3) is 0 Å². The molecule has 17 heavy (non-hydrogen) atoms. The van der Waals surface area contributed by atoms with Crippen LogP contribution >= 0.6 is 11.6 Å². The van der Waals surface area contributed by atoms with E-state index < -0.39 is 11.8 Å². The van der Waals surface area contributed by atoms with Crippen LogP contribution in [0.1, 0.15) is 6.92 Å². The molecule has 0 aliphatic carbocycles. The van der Waals surface area contributed by atoms with Crippen LogP contribution in [0.3, 0.4) is 0 Å². The Morgan fingerprint density at radius 1 is 1.29 bits per heavy atom. The van der Waals surface area contributed by atoms with Gasteiger partial charge in [-0.05, 0) is 31.2 Å². The summed E-state index contributed by atoms with van der Waals surface area (Å²) in [7, 11) is 3.18. The van der Waals surface area contributed by atoms with Crippen molar-refractivity contribution in [1.82, 2.24) is 0 Å². The Bertz CT molecular complexity index is 341. The number of hydrogen-bond donors (Lipinski definition) is 2. The van der Waals surface area contributed by atoms with Crippen molar-refractivity contribution in [1.29, 1.82) is 0 Å². The summed E-state index contributed by atoms with van der Waals surface area (Å²) in [5, 5.41) is 4.00. The lowest BCUT2D eigenvalue weighted by molar-refractivity contribution is -0.134. The highest BCUT2D eigenvalue weighted by atomic mass is 35.5. The highest BCUT2D eigenvalue weighted by molar-refractivity contribution is 6.30. The first-order valence-corrected chi connectivity index (χ1v) is 5.73. The molecular formula is C12H19ClN2O2. The third-order valence-electron chi connectivity index (χ3n) is 2.65. The molecule has 5 heteroatoms. The third kappa shape index (κ3) is 3.57. The molecule has 1 rings (SSSR count). The Hall–Kier alpha value is -0.810. The quantitative estimate of drug-likeness (QED) is 0.768. The lowest BCUT2D eigenvalue weighted by Gasteiger charge is -2.36. The van der Waals surface area contributed by atoms with E-state index in [1.807, 2.05) is 31.2 Å². The van der Waals surface area contributed by atoms with Crippen molar-refractivity contribution >= 4 is 17.3 Å². The van der Waals surface area contributed by atoms with Gasteiger partial charge in [0.25, 0.3) is 0 Å². The predicted molar refractivity (Wildman–Crippen MR) is 70.3 cm³/mol. The maximum Gasteiger partial charge on any atom is 0.180 e.